The van der Waals surface area contributed by atoms with Crippen molar-refractivity contribution in [2.75, 3.05) is 4.90 Å². The minimum Gasteiger partial charge on any atom is -0.423 e. The lowest BCUT2D eigenvalue weighted by Crippen LogP contribution is -2.14. The monoisotopic (exact) mass is 427 g/mol. The summed E-state index contributed by atoms with van der Waals surface area (Å²) in [5.74, 6) is 0.0231. The van der Waals surface area contributed by atoms with Gasteiger partial charge in [0.2, 0.25) is 0 Å². The third-order valence-electron chi connectivity index (χ3n) is 5.46. The van der Waals surface area contributed by atoms with Crippen LogP contribution < -0.4 is 9.64 Å². The van der Waals surface area contributed by atoms with Gasteiger partial charge < -0.3 is 9.64 Å². The highest BCUT2D eigenvalue weighted by molar-refractivity contribution is 5.83. The van der Waals surface area contributed by atoms with Crippen molar-refractivity contribution in [1.29, 1.82) is 0 Å². The summed E-state index contributed by atoms with van der Waals surface area (Å²) in [4.78, 5) is 13.7. The second-order valence-electron chi connectivity index (χ2n) is 10.0. The first-order valence-electron chi connectivity index (χ1n) is 10.9. The van der Waals surface area contributed by atoms with Gasteiger partial charge in [0.25, 0.3) is 0 Å². The topological polar surface area (TPSA) is 29.5 Å². The quantitative estimate of drug-likeness (QED) is 0.236. The van der Waals surface area contributed by atoms with Crippen LogP contribution in [0.15, 0.2) is 85.5 Å². The molecule has 3 aromatic rings. The SMILES string of the molecule is C=CC(=O)Oc1ccc(N(c2ccc(C(C)(C)C)cc2)c2ccc(C(C)(C)C)cc2)cc1. The lowest BCUT2D eigenvalue weighted by Gasteiger charge is -2.28. The summed E-state index contributed by atoms with van der Waals surface area (Å²) in [7, 11) is 0. The molecular weight excluding hydrogens is 394 g/mol. The van der Waals surface area contributed by atoms with Crippen molar-refractivity contribution in [3.63, 3.8) is 0 Å². The second kappa shape index (κ2) is 9.04. The van der Waals surface area contributed by atoms with Crippen molar-refractivity contribution in [3.8, 4) is 5.75 Å². The maximum Gasteiger partial charge on any atom is 0.335 e. The minimum absolute atomic E-state index is 0.0917. The molecule has 0 fully saturated rings. The first kappa shape index (κ1) is 23.3. The van der Waals surface area contributed by atoms with Gasteiger partial charge in [-0.1, -0.05) is 72.4 Å². The molecule has 3 heteroatoms. The van der Waals surface area contributed by atoms with Crippen molar-refractivity contribution in [3.05, 3.63) is 96.6 Å². The van der Waals surface area contributed by atoms with Crippen LogP contribution in [0.1, 0.15) is 52.7 Å². The molecular formula is C29H33NO2. The predicted molar refractivity (Wildman–Crippen MR) is 134 cm³/mol. The molecule has 0 saturated heterocycles. The molecule has 0 bridgehead atoms. The Kier molecular flexibility index (Phi) is 6.59. The van der Waals surface area contributed by atoms with Gasteiger partial charge in [-0.3, -0.25) is 0 Å². The average Bonchev–Trinajstić information content (AvgIpc) is 2.74. The van der Waals surface area contributed by atoms with Gasteiger partial charge in [0.05, 0.1) is 0 Å². The maximum absolute atomic E-state index is 11.5. The summed E-state index contributed by atoms with van der Waals surface area (Å²) < 4.78 is 5.24. The zero-order valence-electron chi connectivity index (χ0n) is 20.0. The van der Waals surface area contributed by atoms with Crippen LogP contribution >= 0.6 is 0 Å². The highest BCUT2D eigenvalue weighted by Crippen LogP contribution is 2.37. The molecule has 0 aromatic heterocycles. The third kappa shape index (κ3) is 5.47. The Morgan fingerprint density at radius 1 is 0.688 bits per heavy atom. The molecule has 0 atom stereocenters. The first-order valence-corrected chi connectivity index (χ1v) is 10.9. The van der Waals surface area contributed by atoms with Gasteiger partial charge >= 0.3 is 5.97 Å². The molecule has 0 radical (unpaired) electrons. The van der Waals surface area contributed by atoms with Crippen LogP contribution in [0.4, 0.5) is 17.1 Å². The molecule has 0 unspecified atom stereocenters. The van der Waals surface area contributed by atoms with Crippen molar-refractivity contribution in [1.82, 2.24) is 0 Å². The number of ether oxygens (including phenoxy) is 1. The second-order valence-corrected chi connectivity index (χ2v) is 10.0. The smallest absolute Gasteiger partial charge is 0.335 e. The zero-order valence-corrected chi connectivity index (χ0v) is 20.0. The summed E-state index contributed by atoms with van der Waals surface area (Å²) in [5.41, 5.74) is 5.88. The molecule has 0 amide bonds. The normalized spacial score (nSPS) is 11.7. The third-order valence-corrected chi connectivity index (χ3v) is 5.46. The number of hydrogen-bond donors (Lipinski definition) is 0. The van der Waals surface area contributed by atoms with Gasteiger partial charge in [-0.2, -0.15) is 0 Å². The number of rotatable bonds is 5. The molecule has 0 aliphatic heterocycles. The van der Waals surface area contributed by atoms with Gasteiger partial charge in [0.15, 0.2) is 0 Å². The summed E-state index contributed by atoms with van der Waals surface area (Å²) >= 11 is 0. The lowest BCUT2D eigenvalue weighted by molar-refractivity contribution is -0.128. The van der Waals surface area contributed by atoms with Crippen LogP contribution in [0.25, 0.3) is 0 Å². The van der Waals surface area contributed by atoms with E-state index in [4.69, 9.17) is 4.74 Å². The largest absolute Gasteiger partial charge is 0.423 e. The van der Waals surface area contributed by atoms with Crippen molar-refractivity contribution in [2.24, 2.45) is 0 Å². The Balaban J connectivity index is 2.03. The standard InChI is InChI=1S/C29H33NO2/c1-8-27(31)32-26-19-17-25(18-20-26)30(23-13-9-21(10-14-23)28(2,3)4)24-15-11-22(12-16-24)29(5,6)7/h8-20H,1H2,2-7H3. The summed E-state index contributed by atoms with van der Waals surface area (Å²) in [6.45, 7) is 16.7. The van der Waals surface area contributed by atoms with E-state index >= 15 is 0 Å². The van der Waals surface area contributed by atoms with E-state index in [0.717, 1.165) is 23.1 Å². The van der Waals surface area contributed by atoms with E-state index in [9.17, 15) is 4.79 Å². The van der Waals surface area contributed by atoms with E-state index in [-0.39, 0.29) is 10.8 Å². The van der Waals surface area contributed by atoms with E-state index in [2.05, 4.69) is 102 Å². The van der Waals surface area contributed by atoms with Gasteiger partial charge in [0, 0.05) is 23.1 Å². The van der Waals surface area contributed by atoms with Crippen LogP contribution in [-0.4, -0.2) is 5.97 Å². The number of hydrogen-bond acceptors (Lipinski definition) is 3. The average molecular weight is 428 g/mol. The van der Waals surface area contributed by atoms with Crippen LogP contribution in [-0.2, 0) is 15.6 Å². The highest BCUT2D eigenvalue weighted by atomic mass is 16.5. The van der Waals surface area contributed by atoms with Crippen molar-refractivity contribution >= 4 is 23.0 Å². The van der Waals surface area contributed by atoms with Crippen LogP contribution in [0.5, 0.6) is 5.75 Å². The number of anilines is 3. The molecule has 166 valence electrons. The van der Waals surface area contributed by atoms with Crippen LogP contribution in [0.3, 0.4) is 0 Å². The minimum atomic E-state index is -0.467. The molecule has 3 rings (SSSR count). The first-order chi connectivity index (χ1) is 15.0. The van der Waals surface area contributed by atoms with Gasteiger partial charge in [0.1, 0.15) is 5.75 Å². The molecule has 0 saturated carbocycles. The fourth-order valence-electron chi connectivity index (χ4n) is 3.49. The number of esters is 1. The summed E-state index contributed by atoms with van der Waals surface area (Å²) in [5, 5.41) is 0. The molecule has 3 nitrogen and oxygen atoms in total. The molecule has 0 spiro atoms. The van der Waals surface area contributed by atoms with Gasteiger partial charge in [-0.05, 0) is 70.5 Å². The fourth-order valence-corrected chi connectivity index (χ4v) is 3.49. The highest BCUT2D eigenvalue weighted by Gasteiger charge is 2.18. The molecule has 0 aliphatic rings. The van der Waals surface area contributed by atoms with E-state index in [1.54, 1.807) is 12.1 Å². The molecule has 0 N–H and O–H groups in total. The Labute approximate surface area is 192 Å². The molecule has 3 aromatic carbocycles. The van der Waals surface area contributed by atoms with Crippen molar-refractivity contribution < 1.29 is 9.53 Å². The molecule has 0 heterocycles. The molecule has 0 aliphatic carbocycles. The Bertz CT molecular complexity index is 1010. The summed E-state index contributed by atoms with van der Waals surface area (Å²) in [6.07, 6.45) is 1.16. The Hall–Kier alpha value is -3.33. The van der Waals surface area contributed by atoms with E-state index < -0.39 is 5.97 Å². The number of benzene rings is 3. The predicted octanol–water partition coefficient (Wildman–Crippen LogP) is 7.84. The van der Waals surface area contributed by atoms with E-state index in [1.807, 2.05) is 12.1 Å². The lowest BCUT2D eigenvalue weighted by atomic mass is 9.86. The van der Waals surface area contributed by atoms with Crippen LogP contribution in [0, 0.1) is 0 Å². The fraction of sp³-hybridized carbons (Fsp3) is 0.276. The number of carbonyl (C=O) groups excluding carboxylic acids is 1. The number of carbonyl (C=O) groups is 1. The van der Waals surface area contributed by atoms with Gasteiger partial charge in [-0.15, -0.1) is 0 Å². The Morgan fingerprint density at radius 3 is 1.34 bits per heavy atom. The summed E-state index contributed by atoms with van der Waals surface area (Å²) in [6, 6.07) is 24.9. The maximum atomic E-state index is 11.5. The number of nitrogens with zero attached hydrogens (tertiary/aromatic N) is 1. The van der Waals surface area contributed by atoms with Crippen LogP contribution in [0.2, 0.25) is 0 Å². The molecule has 32 heavy (non-hydrogen) atoms. The Morgan fingerprint density at radius 2 is 1.03 bits per heavy atom. The zero-order chi connectivity index (χ0) is 23.5. The van der Waals surface area contributed by atoms with Crippen molar-refractivity contribution in [2.45, 2.75) is 52.4 Å². The van der Waals surface area contributed by atoms with E-state index in [0.29, 0.717) is 5.75 Å². The van der Waals surface area contributed by atoms with Gasteiger partial charge in [-0.25, -0.2) is 4.79 Å². The van der Waals surface area contributed by atoms with E-state index in [1.165, 1.54) is 11.1 Å².